The molecule has 1 aromatic carbocycles. The molecule has 0 saturated carbocycles. The van der Waals surface area contributed by atoms with Crippen LogP contribution in [0.4, 0.5) is 17.1 Å². The number of hydrogen-bond acceptors (Lipinski definition) is 4. The topological polar surface area (TPSA) is 72.4 Å². The van der Waals surface area contributed by atoms with E-state index < -0.39 is 4.92 Å². The Hall–Kier alpha value is -1.78. The van der Waals surface area contributed by atoms with Crippen molar-refractivity contribution in [3.63, 3.8) is 0 Å². The minimum Gasteiger partial charge on any atom is -0.393 e. The summed E-state index contributed by atoms with van der Waals surface area (Å²) in [5, 5.41) is 10.6. The molecule has 0 aliphatic heterocycles. The number of anilines is 2. The Morgan fingerprint density at radius 1 is 1.41 bits per heavy atom. The molecule has 2 N–H and O–H groups in total. The first-order valence-corrected chi connectivity index (χ1v) is 5.46. The number of nitrogen functional groups attached to an aromatic ring is 1. The standard InChI is InChI=1S/C12H19N3O2/c1-12(2,3)8-14(4)9-5-6-11(15(16)17)10(13)7-9/h5-7H,8,13H2,1-4H3. The normalized spacial score (nSPS) is 11.3. The third kappa shape index (κ3) is 3.62. The van der Waals surface area contributed by atoms with Crippen molar-refractivity contribution in [1.29, 1.82) is 0 Å². The van der Waals surface area contributed by atoms with E-state index in [0.29, 0.717) is 0 Å². The fraction of sp³-hybridized carbons (Fsp3) is 0.500. The van der Waals surface area contributed by atoms with Gasteiger partial charge in [-0.1, -0.05) is 20.8 Å². The number of nitro groups is 1. The Morgan fingerprint density at radius 2 is 2.00 bits per heavy atom. The zero-order valence-corrected chi connectivity index (χ0v) is 10.7. The van der Waals surface area contributed by atoms with Crippen molar-refractivity contribution in [3.05, 3.63) is 28.3 Å². The third-order valence-corrected chi connectivity index (χ3v) is 2.36. The van der Waals surface area contributed by atoms with E-state index in [-0.39, 0.29) is 16.8 Å². The highest BCUT2D eigenvalue weighted by atomic mass is 16.6. The Balaban J connectivity index is 2.94. The van der Waals surface area contributed by atoms with Crippen LogP contribution in [0.1, 0.15) is 20.8 Å². The molecule has 0 radical (unpaired) electrons. The molecule has 0 fully saturated rings. The van der Waals surface area contributed by atoms with Crippen molar-refractivity contribution in [1.82, 2.24) is 0 Å². The fourth-order valence-electron chi connectivity index (χ4n) is 1.75. The molecular weight excluding hydrogens is 218 g/mol. The molecule has 0 atom stereocenters. The molecule has 5 heteroatoms. The van der Waals surface area contributed by atoms with E-state index in [4.69, 9.17) is 5.73 Å². The van der Waals surface area contributed by atoms with Crippen LogP contribution in [0.3, 0.4) is 0 Å². The summed E-state index contributed by atoms with van der Waals surface area (Å²) in [6.07, 6.45) is 0. The monoisotopic (exact) mass is 237 g/mol. The molecule has 5 nitrogen and oxygen atoms in total. The van der Waals surface area contributed by atoms with Crippen LogP contribution in [0.2, 0.25) is 0 Å². The van der Waals surface area contributed by atoms with Gasteiger partial charge in [-0.3, -0.25) is 10.1 Å². The number of nitro benzene ring substituents is 1. The first-order chi connectivity index (χ1) is 7.70. The first kappa shape index (κ1) is 13.3. The molecule has 0 aliphatic carbocycles. The van der Waals surface area contributed by atoms with E-state index in [9.17, 15) is 10.1 Å². The summed E-state index contributed by atoms with van der Waals surface area (Å²) in [6, 6.07) is 4.81. The van der Waals surface area contributed by atoms with Crippen LogP contribution in [0, 0.1) is 15.5 Å². The number of hydrogen-bond donors (Lipinski definition) is 1. The predicted molar refractivity (Wildman–Crippen MR) is 70.2 cm³/mol. The van der Waals surface area contributed by atoms with Gasteiger partial charge in [0.2, 0.25) is 0 Å². The molecule has 0 amide bonds. The van der Waals surface area contributed by atoms with E-state index in [0.717, 1.165) is 12.2 Å². The second-order valence-corrected chi connectivity index (χ2v) is 5.42. The van der Waals surface area contributed by atoms with Gasteiger partial charge >= 0.3 is 0 Å². The summed E-state index contributed by atoms with van der Waals surface area (Å²) in [5.41, 5.74) is 6.86. The molecule has 0 unspecified atom stereocenters. The maximum absolute atomic E-state index is 10.6. The van der Waals surface area contributed by atoms with Crippen LogP contribution in [-0.4, -0.2) is 18.5 Å². The largest absolute Gasteiger partial charge is 0.393 e. The number of benzene rings is 1. The van der Waals surface area contributed by atoms with E-state index in [2.05, 4.69) is 20.8 Å². The minimum absolute atomic E-state index is 0.0436. The molecule has 1 aromatic rings. The lowest BCUT2D eigenvalue weighted by molar-refractivity contribution is -0.383. The lowest BCUT2D eigenvalue weighted by Crippen LogP contribution is -2.29. The Morgan fingerprint density at radius 3 is 2.41 bits per heavy atom. The Labute approximate surface area is 101 Å². The van der Waals surface area contributed by atoms with Crippen LogP contribution in [0.5, 0.6) is 0 Å². The van der Waals surface area contributed by atoms with E-state index in [1.807, 2.05) is 11.9 Å². The highest BCUT2D eigenvalue weighted by Crippen LogP contribution is 2.28. The average molecular weight is 237 g/mol. The summed E-state index contributed by atoms with van der Waals surface area (Å²) in [6.45, 7) is 7.26. The number of nitrogens with zero attached hydrogens (tertiary/aromatic N) is 2. The average Bonchev–Trinajstić information content (AvgIpc) is 2.14. The van der Waals surface area contributed by atoms with Gasteiger partial charge < -0.3 is 10.6 Å². The number of nitrogens with two attached hydrogens (primary N) is 1. The van der Waals surface area contributed by atoms with Gasteiger partial charge in [0.15, 0.2) is 0 Å². The lowest BCUT2D eigenvalue weighted by Gasteiger charge is -2.28. The molecule has 94 valence electrons. The SMILES string of the molecule is CN(CC(C)(C)C)c1ccc([N+](=O)[O-])c(N)c1. The molecule has 17 heavy (non-hydrogen) atoms. The van der Waals surface area contributed by atoms with Crippen molar-refractivity contribution in [2.45, 2.75) is 20.8 Å². The first-order valence-electron chi connectivity index (χ1n) is 5.46. The highest BCUT2D eigenvalue weighted by molar-refractivity contribution is 5.66. The van der Waals surface area contributed by atoms with Crippen LogP contribution in [0.15, 0.2) is 18.2 Å². The van der Waals surface area contributed by atoms with E-state index >= 15 is 0 Å². The predicted octanol–water partition coefficient (Wildman–Crippen LogP) is 2.66. The Kier molecular flexibility index (Phi) is 3.60. The lowest BCUT2D eigenvalue weighted by atomic mass is 9.96. The Bertz CT molecular complexity index is 424. The third-order valence-electron chi connectivity index (χ3n) is 2.36. The number of rotatable bonds is 3. The highest BCUT2D eigenvalue weighted by Gasteiger charge is 2.16. The quantitative estimate of drug-likeness (QED) is 0.498. The van der Waals surface area contributed by atoms with Crippen molar-refractivity contribution >= 4 is 17.1 Å². The van der Waals surface area contributed by atoms with Crippen LogP contribution in [0.25, 0.3) is 0 Å². The summed E-state index contributed by atoms with van der Waals surface area (Å²) >= 11 is 0. The summed E-state index contributed by atoms with van der Waals surface area (Å²) in [4.78, 5) is 12.2. The van der Waals surface area contributed by atoms with E-state index in [1.165, 1.54) is 6.07 Å². The molecule has 0 spiro atoms. The maximum Gasteiger partial charge on any atom is 0.292 e. The van der Waals surface area contributed by atoms with Gasteiger partial charge in [-0.05, 0) is 17.5 Å². The summed E-state index contributed by atoms with van der Waals surface area (Å²) in [7, 11) is 1.95. The molecule has 0 aromatic heterocycles. The molecule has 0 aliphatic rings. The fourth-order valence-corrected chi connectivity index (χ4v) is 1.75. The van der Waals surface area contributed by atoms with E-state index in [1.54, 1.807) is 12.1 Å². The zero-order valence-electron chi connectivity index (χ0n) is 10.7. The second-order valence-electron chi connectivity index (χ2n) is 5.42. The van der Waals surface area contributed by atoms with Crippen LogP contribution < -0.4 is 10.6 Å². The van der Waals surface area contributed by atoms with Crippen molar-refractivity contribution in [2.24, 2.45) is 5.41 Å². The van der Waals surface area contributed by atoms with Gasteiger partial charge in [-0.2, -0.15) is 0 Å². The molecule has 0 bridgehead atoms. The van der Waals surface area contributed by atoms with Gasteiger partial charge in [-0.25, -0.2) is 0 Å². The van der Waals surface area contributed by atoms with Gasteiger partial charge in [0.25, 0.3) is 5.69 Å². The van der Waals surface area contributed by atoms with Gasteiger partial charge in [-0.15, -0.1) is 0 Å². The van der Waals surface area contributed by atoms with Gasteiger partial charge in [0, 0.05) is 25.3 Å². The molecular formula is C12H19N3O2. The maximum atomic E-state index is 10.6. The zero-order chi connectivity index (χ0) is 13.2. The summed E-state index contributed by atoms with van der Waals surface area (Å²) in [5.74, 6) is 0. The summed E-state index contributed by atoms with van der Waals surface area (Å²) < 4.78 is 0. The minimum atomic E-state index is -0.469. The second kappa shape index (κ2) is 4.61. The van der Waals surface area contributed by atoms with Crippen molar-refractivity contribution in [2.75, 3.05) is 24.2 Å². The molecule has 1 rings (SSSR count). The molecule has 0 saturated heterocycles. The van der Waals surface area contributed by atoms with Crippen molar-refractivity contribution in [3.8, 4) is 0 Å². The van der Waals surface area contributed by atoms with Gasteiger partial charge in [0.05, 0.1) is 4.92 Å². The molecule has 0 heterocycles. The van der Waals surface area contributed by atoms with Crippen LogP contribution >= 0.6 is 0 Å². The van der Waals surface area contributed by atoms with Crippen LogP contribution in [-0.2, 0) is 0 Å². The van der Waals surface area contributed by atoms with Crippen molar-refractivity contribution < 1.29 is 4.92 Å². The van der Waals surface area contributed by atoms with Gasteiger partial charge in [0.1, 0.15) is 5.69 Å². The smallest absolute Gasteiger partial charge is 0.292 e.